The van der Waals surface area contributed by atoms with Crippen molar-refractivity contribution in [2.45, 2.75) is 51.1 Å². The van der Waals surface area contributed by atoms with Crippen molar-refractivity contribution in [3.05, 3.63) is 47.3 Å². The minimum absolute atomic E-state index is 0.0491. The molecule has 1 aliphatic carbocycles. The van der Waals surface area contributed by atoms with Gasteiger partial charge in [0.2, 0.25) is 5.91 Å². The summed E-state index contributed by atoms with van der Waals surface area (Å²) in [7, 11) is 0. The highest BCUT2D eigenvalue weighted by atomic mass is 19.1. The van der Waals surface area contributed by atoms with Crippen LogP contribution in [0.1, 0.15) is 55.4 Å². The Balaban J connectivity index is 1.44. The molecule has 0 bridgehead atoms. The molecule has 0 spiro atoms. The molecule has 0 N–H and O–H groups in total. The highest BCUT2D eigenvalue weighted by Gasteiger charge is 2.34. The zero-order chi connectivity index (χ0) is 16.7. The van der Waals surface area contributed by atoms with Crippen molar-refractivity contribution >= 4 is 5.91 Å². The van der Waals surface area contributed by atoms with E-state index in [1.54, 1.807) is 18.2 Å². The van der Waals surface area contributed by atoms with Crippen LogP contribution in [0.15, 0.2) is 24.3 Å². The summed E-state index contributed by atoms with van der Waals surface area (Å²) in [6, 6.07) is 6.56. The van der Waals surface area contributed by atoms with Crippen LogP contribution < -0.4 is 0 Å². The second-order valence-electron chi connectivity index (χ2n) is 6.68. The largest absolute Gasteiger partial charge is 0.331 e. The Morgan fingerprint density at radius 1 is 1.29 bits per heavy atom. The molecule has 2 aromatic rings. The first-order valence-electron chi connectivity index (χ1n) is 8.61. The molecule has 1 aromatic carbocycles. The van der Waals surface area contributed by atoms with Crippen LogP contribution in [0.3, 0.4) is 0 Å². The second-order valence-corrected chi connectivity index (χ2v) is 6.68. The molecular weight excluding hydrogens is 307 g/mol. The number of benzene rings is 1. The average Bonchev–Trinajstić information content (AvgIpc) is 3.33. The van der Waals surface area contributed by atoms with E-state index in [1.165, 1.54) is 18.9 Å². The summed E-state index contributed by atoms with van der Waals surface area (Å²) < 4.78 is 15.6. The summed E-state index contributed by atoms with van der Waals surface area (Å²) in [6.45, 7) is 3.32. The molecule has 6 heteroatoms. The number of nitrogens with zero attached hydrogens (tertiary/aromatic N) is 4. The minimum Gasteiger partial charge on any atom is -0.331 e. The fourth-order valence-corrected chi connectivity index (χ4v) is 3.32. The van der Waals surface area contributed by atoms with Crippen LogP contribution in [-0.2, 0) is 17.8 Å². The van der Waals surface area contributed by atoms with E-state index in [0.717, 1.165) is 11.6 Å². The predicted molar refractivity (Wildman–Crippen MR) is 86.8 cm³/mol. The molecule has 1 aromatic heterocycles. The maximum Gasteiger partial charge on any atom is 0.223 e. The Hall–Kier alpha value is -2.24. The lowest BCUT2D eigenvalue weighted by atomic mass is 10.1. The maximum absolute atomic E-state index is 13.7. The first kappa shape index (κ1) is 15.3. The highest BCUT2D eigenvalue weighted by Crippen LogP contribution is 2.39. The van der Waals surface area contributed by atoms with Crippen LogP contribution >= 0.6 is 0 Å². The number of hydrogen-bond donors (Lipinski definition) is 0. The molecular formula is C18H21FN4O. The average molecular weight is 328 g/mol. The third-order valence-electron chi connectivity index (χ3n) is 4.94. The molecule has 2 heterocycles. The standard InChI is InChI=1S/C18H21FN4O/c1-12-18-20-17(14-6-7-14)21-23(18)11-10-22(12)16(24)9-8-13-4-2-3-5-15(13)19/h2-5,12,14H,6-11H2,1H3/t12-/m1/s1. The van der Waals surface area contributed by atoms with Crippen molar-refractivity contribution < 1.29 is 9.18 Å². The van der Waals surface area contributed by atoms with Gasteiger partial charge in [-0.05, 0) is 37.8 Å². The van der Waals surface area contributed by atoms with Crippen molar-refractivity contribution in [3.8, 4) is 0 Å². The van der Waals surface area contributed by atoms with Crippen molar-refractivity contribution in [2.75, 3.05) is 6.54 Å². The normalized spacial score (nSPS) is 20.1. The third kappa shape index (κ3) is 2.81. The summed E-state index contributed by atoms with van der Waals surface area (Å²) in [4.78, 5) is 19.1. The number of halogens is 1. The van der Waals surface area contributed by atoms with Crippen molar-refractivity contribution in [1.29, 1.82) is 0 Å². The maximum atomic E-state index is 13.7. The monoisotopic (exact) mass is 328 g/mol. The number of aryl methyl sites for hydroxylation is 1. The van der Waals surface area contributed by atoms with Gasteiger partial charge in [0.1, 0.15) is 11.6 Å². The number of carbonyl (C=O) groups excluding carboxylic acids is 1. The van der Waals surface area contributed by atoms with Gasteiger partial charge in [-0.1, -0.05) is 18.2 Å². The molecule has 0 saturated heterocycles. The van der Waals surface area contributed by atoms with Gasteiger partial charge in [0.15, 0.2) is 5.82 Å². The van der Waals surface area contributed by atoms with Gasteiger partial charge >= 0.3 is 0 Å². The van der Waals surface area contributed by atoms with Crippen LogP contribution in [0.2, 0.25) is 0 Å². The van der Waals surface area contributed by atoms with Gasteiger partial charge in [-0.2, -0.15) is 5.10 Å². The van der Waals surface area contributed by atoms with E-state index in [-0.39, 0.29) is 17.8 Å². The Morgan fingerprint density at radius 2 is 2.08 bits per heavy atom. The highest BCUT2D eigenvalue weighted by molar-refractivity contribution is 5.77. The van der Waals surface area contributed by atoms with E-state index in [4.69, 9.17) is 0 Å². The zero-order valence-electron chi connectivity index (χ0n) is 13.8. The molecule has 4 rings (SSSR count). The third-order valence-corrected chi connectivity index (χ3v) is 4.94. The molecule has 1 saturated carbocycles. The smallest absolute Gasteiger partial charge is 0.223 e. The predicted octanol–water partition coefficient (Wildman–Crippen LogP) is 2.83. The van der Waals surface area contributed by atoms with Crippen LogP contribution in [0.4, 0.5) is 4.39 Å². The van der Waals surface area contributed by atoms with E-state index in [9.17, 15) is 9.18 Å². The van der Waals surface area contributed by atoms with Gasteiger partial charge in [-0.25, -0.2) is 14.1 Å². The van der Waals surface area contributed by atoms with Crippen LogP contribution in [0.5, 0.6) is 0 Å². The lowest BCUT2D eigenvalue weighted by Gasteiger charge is -2.33. The zero-order valence-corrected chi connectivity index (χ0v) is 13.8. The SMILES string of the molecule is C[C@@H]1c2nc(C3CC3)nn2CCN1C(=O)CCc1ccccc1F. The molecule has 5 nitrogen and oxygen atoms in total. The fraction of sp³-hybridized carbons (Fsp3) is 0.500. The molecule has 126 valence electrons. The number of rotatable bonds is 4. The van der Waals surface area contributed by atoms with Gasteiger partial charge in [0.05, 0.1) is 12.6 Å². The molecule has 0 radical (unpaired) electrons. The molecule has 1 atom stereocenters. The molecule has 1 fully saturated rings. The van der Waals surface area contributed by atoms with Gasteiger partial charge in [-0.3, -0.25) is 4.79 Å². The van der Waals surface area contributed by atoms with E-state index in [0.29, 0.717) is 37.4 Å². The van der Waals surface area contributed by atoms with Crippen LogP contribution in [0.25, 0.3) is 0 Å². The summed E-state index contributed by atoms with van der Waals surface area (Å²) in [5, 5.41) is 4.58. The number of hydrogen-bond acceptors (Lipinski definition) is 3. The Kier molecular flexibility index (Phi) is 3.82. The molecule has 1 aliphatic heterocycles. The van der Waals surface area contributed by atoms with E-state index >= 15 is 0 Å². The van der Waals surface area contributed by atoms with Crippen molar-refractivity contribution in [2.24, 2.45) is 0 Å². The lowest BCUT2D eigenvalue weighted by Crippen LogP contribution is -2.41. The van der Waals surface area contributed by atoms with E-state index < -0.39 is 0 Å². The summed E-state index contributed by atoms with van der Waals surface area (Å²) in [6.07, 6.45) is 3.08. The second kappa shape index (κ2) is 6.00. The quantitative estimate of drug-likeness (QED) is 0.867. The molecule has 0 unspecified atom stereocenters. The summed E-state index contributed by atoms with van der Waals surface area (Å²) >= 11 is 0. The van der Waals surface area contributed by atoms with Crippen molar-refractivity contribution in [1.82, 2.24) is 19.7 Å². The van der Waals surface area contributed by atoms with Gasteiger partial charge < -0.3 is 4.90 Å². The number of aromatic nitrogens is 3. The van der Waals surface area contributed by atoms with E-state index in [1.807, 2.05) is 16.5 Å². The molecule has 2 aliphatic rings. The Labute approximate surface area is 140 Å². The van der Waals surface area contributed by atoms with Crippen LogP contribution in [0, 0.1) is 5.82 Å². The Morgan fingerprint density at radius 3 is 2.83 bits per heavy atom. The van der Waals surface area contributed by atoms with Gasteiger partial charge in [0.25, 0.3) is 0 Å². The fourth-order valence-electron chi connectivity index (χ4n) is 3.32. The summed E-state index contributed by atoms with van der Waals surface area (Å²) in [5.74, 6) is 2.12. The number of fused-ring (bicyclic) bond motifs is 1. The van der Waals surface area contributed by atoms with Crippen molar-refractivity contribution in [3.63, 3.8) is 0 Å². The first-order chi connectivity index (χ1) is 11.6. The number of carbonyl (C=O) groups is 1. The summed E-state index contributed by atoms with van der Waals surface area (Å²) in [5.41, 5.74) is 0.592. The Bertz CT molecular complexity index is 768. The van der Waals surface area contributed by atoms with E-state index in [2.05, 4.69) is 10.1 Å². The number of amides is 1. The van der Waals surface area contributed by atoms with Gasteiger partial charge in [0, 0.05) is 18.9 Å². The first-order valence-corrected chi connectivity index (χ1v) is 8.61. The minimum atomic E-state index is -0.245. The molecule has 24 heavy (non-hydrogen) atoms. The van der Waals surface area contributed by atoms with Crippen LogP contribution in [-0.4, -0.2) is 32.1 Å². The molecule has 1 amide bonds. The lowest BCUT2D eigenvalue weighted by molar-refractivity contribution is -0.134. The van der Waals surface area contributed by atoms with Gasteiger partial charge in [-0.15, -0.1) is 0 Å². The topological polar surface area (TPSA) is 51.0 Å².